The molecule has 24 heteroatoms. The van der Waals surface area contributed by atoms with Crippen molar-refractivity contribution in [2.24, 2.45) is 0 Å². The minimum Gasteiger partial charge on any atom is -0.387 e. The predicted octanol–water partition coefficient (Wildman–Crippen LogP) is 5.54. The molecule has 4 N–H and O–H groups in total. The largest absolute Gasteiger partial charge is 0.472 e. The fourth-order valence-corrected chi connectivity index (χ4v) is 8.72. The monoisotopic (exact) mass is 828 g/mol. The van der Waals surface area contributed by atoms with E-state index in [0.29, 0.717) is 0 Å². The van der Waals surface area contributed by atoms with Gasteiger partial charge in [0.15, 0.2) is 12.5 Å². The van der Waals surface area contributed by atoms with Gasteiger partial charge in [-0.1, -0.05) is 46.4 Å². The first kappa shape index (κ1) is 35.6. The highest BCUT2D eigenvalue weighted by Crippen LogP contribution is 2.54. The standard InChI is InChI=1S/C24H20Cl6N4O12P2/c25-7-1-11-13(3-9(7)27)33(23(29)31-11)21-19-17(35)15(43-21)5-41-48(39,40)46-20-18(36)16(6-42-47(37,38)45-19)44-22(20)34-14-4-10(28)8(26)2-12(14)32-24(34)30/h1-4,15-22,35-36H,5-6H2,(H,37,38)(H,39,40). The lowest BCUT2D eigenvalue weighted by Crippen LogP contribution is -2.38. The van der Waals surface area contributed by atoms with Crippen LogP contribution in [0.4, 0.5) is 0 Å². The Morgan fingerprint density at radius 1 is 0.646 bits per heavy atom. The number of benzene rings is 2. The molecule has 0 spiro atoms. The molecule has 3 aliphatic heterocycles. The zero-order valence-electron chi connectivity index (χ0n) is 23.3. The quantitative estimate of drug-likeness (QED) is 0.183. The third-order valence-electron chi connectivity index (χ3n) is 7.83. The van der Waals surface area contributed by atoms with Crippen LogP contribution in [0.2, 0.25) is 30.7 Å². The molecule has 5 heterocycles. The van der Waals surface area contributed by atoms with Gasteiger partial charge in [0, 0.05) is 0 Å². The minimum atomic E-state index is -5.12. The summed E-state index contributed by atoms with van der Waals surface area (Å²) in [5.74, 6) is 0. The number of aliphatic hydroxyl groups excluding tert-OH is 2. The Morgan fingerprint density at radius 2 is 1.00 bits per heavy atom. The van der Waals surface area contributed by atoms with Crippen LogP contribution in [0.1, 0.15) is 12.5 Å². The zero-order valence-corrected chi connectivity index (χ0v) is 29.7. The smallest absolute Gasteiger partial charge is 0.387 e. The molecule has 0 aliphatic carbocycles. The highest BCUT2D eigenvalue weighted by Gasteiger charge is 2.54. The number of phosphoric ester groups is 2. The number of ether oxygens (including phenoxy) is 2. The van der Waals surface area contributed by atoms with E-state index in [4.69, 9.17) is 97.2 Å². The molecule has 4 aromatic rings. The number of fused-ring (bicyclic) bond motifs is 6. The Labute approximate surface area is 299 Å². The van der Waals surface area contributed by atoms with E-state index in [1.54, 1.807) is 0 Å². The minimum absolute atomic E-state index is 0.106. The lowest BCUT2D eigenvalue weighted by molar-refractivity contribution is -0.0672. The lowest BCUT2D eigenvalue weighted by Gasteiger charge is -2.26. The molecule has 10 unspecified atom stereocenters. The van der Waals surface area contributed by atoms with Crippen LogP contribution in [-0.2, 0) is 36.7 Å². The summed E-state index contributed by atoms with van der Waals surface area (Å²) in [7, 11) is -10.2. The van der Waals surface area contributed by atoms with Gasteiger partial charge in [-0.05, 0) is 47.5 Å². The second kappa shape index (κ2) is 13.0. The number of hydrogen-bond donors (Lipinski definition) is 4. The predicted molar refractivity (Wildman–Crippen MR) is 171 cm³/mol. The van der Waals surface area contributed by atoms with Crippen molar-refractivity contribution in [3.63, 3.8) is 0 Å². The van der Waals surface area contributed by atoms with Crippen LogP contribution in [-0.4, -0.2) is 88.9 Å². The van der Waals surface area contributed by atoms with Gasteiger partial charge in [-0.3, -0.25) is 27.2 Å². The summed E-state index contributed by atoms with van der Waals surface area (Å²) in [6.45, 7) is -1.67. The van der Waals surface area contributed by atoms with Crippen LogP contribution < -0.4 is 0 Å². The van der Waals surface area contributed by atoms with Gasteiger partial charge in [0.2, 0.25) is 10.6 Å². The first-order chi connectivity index (χ1) is 22.5. The average molecular weight is 831 g/mol. The molecule has 3 fully saturated rings. The van der Waals surface area contributed by atoms with Crippen LogP contribution in [0.15, 0.2) is 24.3 Å². The van der Waals surface area contributed by atoms with Gasteiger partial charge >= 0.3 is 15.6 Å². The van der Waals surface area contributed by atoms with E-state index in [2.05, 4.69) is 9.97 Å². The van der Waals surface area contributed by atoms with Crippen molar-refractivity contribution in [1.29, 1.82) is 0 Å². The Morgan fingerprint density at radius 3 is 1.38 bits per heavy atom. The van der Waals surface area contributed by atoms with Gasteiger partial charge in [0.1, 0.15) is 36.6 Å². The Bertz CT molecular complexity index is 1890. The van der Waals surface area contributed by atoms with Gasteiger partial charge in [-0.15, -0.1) is 0 Å². The molecule has 2 aromatic carbocycles. The molecular formula is C24H20Cl6N4O12P2. The highest BCUT2D eigenvalue weighted by molar-refractivity contribution is 7.47. The van der Waals surface area contributed by atoms with Gasteiger partial charge in [-0.25, -0.2) is 19.1 Å². The van der Waals surface area contributed by atoms with Crippen molar-refractivity contribution in [2.45, 2.75) is 49.1 Å². The molecule has 0 amide bonds. The van der Waals surface area contributed by atoms with Crippen molar-refractivity contribution in [2.75, 3.05) is 13.2 Å². The fraction of sp³-hybridized carbons (Fsp3) is 0.417. The maximum absolute atomic E-state index is 13.3. The van der Waals surface area contributed by atoms with Crippen LogP contribution in [0.25, 0.3) is 22.1 Å². The third kappa shape index (κ3) is 6.42. The van der Waals surface area contributed by atoms with Crippen LogP contribution in [0.3, 0.4) is 0 Å². The summed E-state index contributed by atoms with van der Waals surface area (Å²) < 4.78 is 62.0. The molecular weight excluding hydrogens is 811 g/mol. The Balaban J connectivity index is 1.24. The first-order valence-electron chi connectivity index (χ1n) is 13.6. The summed E-state index contributed by atoms with van der Waals surface area (Å²) in [5.41, 5.74) is 0.972. The summed E-state index contributed by atoms with van der Waals surface area (Å²) in [4.78, 5) is 30.0. The normalized spacial score (nSPS) is 36.2. The second-order valence-corrected chi connectivity index (χ2v) is 15.9. The Kier molecular flexibility index (Phi) is 9.63. The molecule has 2 aromatic heterocycles. The summed E-state index contributed by atoms with van der Waals surface area (Å²) >= 11 is 37.4. The number of phosphoric acid groups is 2. The number of hydrogen-bond acceptors (Lipinski definition) is 12. The number of halogens is 6. The number of aromatic nitrogens is 4. The van der Waals surface area contributed by atoms with Crippen LogP contribution >= 0.6 is 85.3 Å². The van der Waals surface area contributed by atoms with E-state index in [0.717, 1.165) is 0 Å². The molecule has 3 saturated heterocycles. The third-order valence-corrected chi connectivity index (χ3v) is 11.8. The van der Waals surface area contributed by atoms with Crippen molar-refractivity contribution < 1.29 is 56.7 Å². The van der Waals surface area contributed by atoms with Crippen molar-refractivity contribution in [3.05, 3.63) is 54.9 Å². The molecule has 16 nitrogen and oxygen atoms in total. The van der Waals surface area contributed by atoms with E-state index in [1.807, 2.05) is 0 Å². The van der Waals surface area contributed by atoms with E-state index < -0.39 is 77.9 Å². The van der Waals surface area contributed by atoms with Gasteiger partial charge in [0.25, 0.3) is 0 Å². The average Bonchev–Trinajstić information content (AvgIpc) is 3.67. The van der Waals surface area contributed by atoms with E-state index >= 15 is 0 Å². The number of nitrogens with zero attached hydrogens (tertiary/aromatic N) is 4. The van der Waals surface area contributed by atoms with Gasteiger partial charge < -0.3 is 29.5 Å². The van der Waals surface area contributed by atoms with Crippen molar-refractivity contribution in [1.82, 2.24) is 19.1 Å². The zero-order chi connectivity index (χ0) is 34.4. The number of imidazole rings is 2. The topological polar surface area (TPSA) is 206 Å². The molecule has 260 valence electrons. The van der Waals surface area contributed by atoms with Crippen LogP contribution in [0.5, 0.6) is 0 Å². The van der Waals surface area contributed by atoms with E-state index in [1.165, 1.54) is 33.4 Å². The summed E-state index contributed by atoms with van der Waals surface area (Å²) in [6.07, 6.45) is -13.0. The molecule has 10 atom stereocenters. The number of aliphatic hydroxyl groups is 2. The second-order valence-electron chi connectivity index (χ2n) is 10.8. The van der Waals surface area contributed by atoms with Gasteiger partial charge in [0.05, 0.1) is 55.4 Å². The summed E-state index contributed by atoms with van der Waals surface area (Å²) in [6, 6.07) is 5.61. The molecule has 0 saturated carbocycles. The first-order valence-corrected chi connectivity index (χ1v) is 18.8. The van der Waals surface area contributed by atoms with E-state index in [9.17, 15) is 29.1 Å². The summed E-state index contributed by atoms with van der Waals surface area (Å²) in [5, 5.41) is 22.5. The molecule has 48 heavy (non-hydrogen) atoms. The van der Waals surface area contributed by atoms with Crippen molar-refractivity contribution >= 4 is 107 Å². The van der Waals surface area contributed by atoms with Crippen molar-refractivity contribution in [3.8, 4) is 0 Å². The number of rotatable bonds is 2. The molecule has 4 bridgehead atoms. The SMILES string of the molecule is O=P1(O)OCC2OC(n3c(Cl)nc4cc(Cl)c(Cl)cc43)C(OP(=O)(O)OCC3OC(n4c(Cl)nc5cc(Cl)c(Cl)cc54)C(O1)C3O)C2O. The fourth-order valence-electron chi connectivity index (χ4n) is 5.66. The molecule has 3 aliphatic rings. The molecule has 0 radical (unpaired) electrons. The van der Waals surface area contributed by atoms with Gasteiger partial charge in [-0.2, -0.15) is 0 Å². The Hall–Kier alpha value is -0.820. The van der Waals surface area contributed by atoms with E-state index in [-0.39, 0.29) is 52.7 Å². The highest BCUT2D eigenvalue weighted by atomic mass is 35.5. The van der Waals surface area contributed by atoms with Crippen LogP contribution in [0, 0.1) is 0 Å². The lowest BCUT2D eigenvalue weighted by atomic mass is 10.1. The molecule has 7 rings (SSSR count). The maximum atomic E-state index is 13.3. The maximum Gasteiger partial charge on any atom is 0.472 e.